The lowest BCUT2D eigenvalue weighted by Gasteiger charge is -2.18. The number of ether oxygens (including phenoxy) is 3. The van der Waals surface area contributed by atoms with Gasteiger partial charge in [-0.05, 0) is 116 Å². The fourth-order valence-electron chi connectivity index (χ4n) is 7.54. The van der Waals surface area contributed by atoms with Crippen molar-refractivity contribution >= 4 is 17.9 Å². The van der Waals surface area contributed by atoms with Gasteiger partial charge in [0.25, 0.3) is 0 Å². The smallest absolute Gasteiger partial charge is 0.306 e. The lowest BCUT2D eigenvalue weighted by molar-refractivity contribution is -0.167. The third kappa shape index (κ3) is 53.3. The zero-order valence-corrected chi connectivity index (χ0v) is 44.3. The molecule has 6 heteroatoms. The Morgan fingerprint density at radius 1 is 0.309 bits per heavy atom. The van der Waals surface area contributed by atoms with Crippen molar-refractivity contribution in [3.8, 4) is 0 Å². The van der Waals surface area contributed by atoms with Gasteiger partial charge in [0, 0.05) is 19.3 Å². The third-order valence-electron chi connectivity index (χ3n) is 11.8. The lowest BCUT2D eigenvalue weighted by atomic mass is 10.1. The number of esters is 3. The molecule has 0 aliphatic carbocycles. The van der Waals surface area contributed by atoms with E-state index >= 15 is 0 Å². The fraction of sp³-hybridized carbons (Fsp3) is 0.694. The van der Waals surface area contributed by atoms with E-state index in [4.69, 9.17) is 14.2 Å². The van der Waals surface area contributed by atoms with Gasteiger partial charge in [-0.1, -0.05) is 221 Å². The van der Waals surface area contributed by atoms with Crippen LogP contribution >= 0.6 is 0 Å². The van der Waals surface area contributed by atoms with Crippen molar-refractivity contribution in [2.24, 2.45) is 0 Å². The van der Waals surface area contributed by atoms with Gasteiger partial charge in [0.15, 0.2) is 6.10 Å². The molecule has 0 spiro atoms. The van der Waals surface area contributed by atoms with Gasteiger partial charge in [0.05, 0.1) is 0 Å². The van der Waals surface area contributed by atoms with Crippen LogP contribution in [0.5, 0.6) is 0 Å². The quantitative estimate of drug-likeness (QED) is 0.0262. The Balaban J connectivity index is 4.41. The summed E-state index contributed by atoms with van der Waals surface area (Å²) in [5.41, 5.74) is 0. The highest BCUT2D eigenvalue weighted by Gasteiger charge is 2.19. The third-order valence-corrected chi connectivity index (χ3v) is 11.8. The van der Waals surface area contributed by atoms with Crippen molar-refractivity contribution in [2.45, 2.75) is 264 Å². The van der Waals surface area contributed by atoms with Crippen LogP contribution in [0.1, 0.15) is 258 Å². The molecule has 0 saturated heterocycles. The first-order chi connectivity index (χ1) is 33.5. The first-order valence-electron chi connectivity index (χ1n) is 28.2. The largest absolute Gasteiger partial charge is 0.462 e. The summed E-state index contributed by atoms with van der Waals surface area (Å²) in [7, 11) is 0. The molecule has 68 heavy (non-hydrogen) atoms. The minimum Gasteiger partial charge on any atom is -0.462 e. The molecule has 0 aromatic heterocycles. The monoisotopic (exact) mass is 945 g/mol. The molecule has 1 unspecified atom stereocenters. The van der Waals surface area contributed by atoms with Gasteiger partial charge in [0.1, 0.15) is 13.2 Å². The summed E-state index contributed by atoms with van der Waals surface area (Å²) in [5, 5.41) is 0. The van der Waals surface area contributed by atoms with Crippen LogP contribution in [0.2, 0.25) is 0 Å². The zero-order valence-electron chi connectivity index (χ0n) is 44.3. The van der Waals surface area contributed by atoms with Crippen LogP contribution in [0.4, 0.5) is 0 Å². The maximum atomic E-state index is 12.8. The molecule has 0 aliphatic heterocycles. The van der Waals surface area contributed by atoms with Crippen molar-refractivity contribution in [1.82, 2.24) is 0 Å². The van der Waals surface area contributed by atoms with Crippen LogP contribution in [0.15, 0.2) is 97.2 Å². The van der Waals surface area contributed by atoms with Crippen LogP contribution in [-0.2, 0) is 28.6 Å². The molecule has 0 aromatic carbocycles. The van der Waals surface area contributed by atoms with Gasteiger partial charge in [-0.25, -0.2) is 0 Å². The van der Waals surface area contributed by atoms with Crippen molar-refractivity contribution in [3.63, 3.8) is 0 Å². The molecule has 0 heterocycles. The molecule has 0 aromatic rings. The van der Waals surface area contributed by atoms with E-state index in [9.17, 15) is 14.4 Å². The predicted octanol–water partition coefficient (Wildman–Crippen LogP) is 18.9. The Kier molecular flexibility index (Phi) is 52.9. The highest BCUT2D eigenvalue weighted by molar-refractivity contribution is 5.71. The minimum absolute atomic E-state index is 0.0927. The highest BCUT2D eigenvalue weighted by atomic mass is 16.6. The Morgan fingerprint density at radius 3 is 0.941 bits per heavy atom. The van der Waals surface area contributed by atoms with E-state index < -0.39 is 6.10 Å². The molecule has 0 aliphatic rings. The topological polar surface area (TPSA) is 78.9 Å². The average Bonchev–Trinajstić information content (AvgIpc) is 3.34. The van der Waals surface area contributed by atoms with Gasteiger partial charge in [-0.2, -0.15) is 0 Å². The number of carbonyl (C=O) groups is 3. The van der Waals surface area contributed by atoms with Gasteiger partial charge >= 0.3 is 17.9 Å². The number of hydrogen-bond donors (Lipinski definition) is 0. The molecular formula is C62H104O6. The Bertz CT molecular complexity index is 1360. The Morgan fingerprint density at radius 2 is 0.588 bits per heavy atom. The molecule has 0 rings (SSSR count). The van der Waals surface area contributed by atoms with E-state index in [1.165, 1.54) is 77.0 Å². The molecule has 0 amide bonds. The number of rotatable bonds is 50. The first-order valence-corrected chi connectivity index (χ1v) is 28.2. The standard InChI is InChI=1S/C62H104O6/c1-4-7-10-13-16-19-22-25-28-29-30-31-32-33-35-37-40-43-46-49-52-55-61(64)67-58-59(57-66-60(63)54-51-48-45-42-39-36-27-24-21-18-15-12-9-6-3)68-62(65)56-53-50-47-44-41-38-34-26-23-20-17-14-11-8-5-2/h7,10,15-20,24-28,30-31,34,59H,4-6,8-9,11-14,21-23,29,32-33,35-58H2,1-3H3/b10-7-,18-15-,19-16-,20-17-,27-24-,28-25-,31-30-,34-26-. The number of unbranched alkanes of at least 4 members (excludes halogenated alkanes) is 23. The molecule has 0 radical (unpaired) electrons. The van der Waals surface area contributed by atoms with Crippen LogP contribution < -0.4 is 0 Å². The van der Waals surface area contributed by atoms with Gasteiger partial charge < -0.3 is 14.2 Å². The molecule has 388 valence electrons. The summed E-state index contributed by atoms with van der Waals surface area (Å²) < 4.78 is 16.8. The van der Waals surface area contributed by atoms with E-state index in [1.807, 2.05) is 0 Å². The second-order valence-corrected chi connectivity index (χ2v) is 18.5. The summed E-state index contributed by atoms with van der Waals surface area (Å²) in [5.74, 6) is -0.927. The molecule has 0 bridgehead atoms. The van der Waals surface area contributed by atoms with Crippen molar-refractivity contribution < 1.29 is 28.6 Å². The molecular weight excluding hydrogens is 841 g/mol. The summed E-state index contributed by atoms with van der Waals surface area (Å²) in [6.07, 6.45) is 73.9. The minimum atomic E-state index is -0.795. The van der Waals surface area contributed by atoms with E-state index in [0.29, 0.717) is 19.3 Å². The fourth-order valence-corrected chi connectivity index (χ4v) is 7.54. The zero-order chi connectivity index (χ0) is 49.3. The van der Waals surface area contributed by atoms with Gasteiger partial charge in [0.2, 0.25) is 0 Å². The van der Waals surface area contributed by atoms with E-state index in [1.54, 1.807) is 0 Å². The van der Waals surface area contributed by atoms with Crippen LogP contribution in [0, 0.1) is 0 Å². The Hall–Kier alpha value is -3.67. The van der Waals surface area contributed by atoms with E-state index in [0.717, 1.165) is 141 Å². The first kappa shape index (κ1) is 64.3. The number of allylic oxidation sites excluding steroid dienone is 16. The van der Waals surface area contributed by atoms with Crippen molar-refractivity contribution in [1.29, 1.82) is 0 Å². The summed E-state index contributed by atoms with van der Waals surface area (Å²) >= 11 is 0. The number of carbonyl (C=O) groups excluding carboxylic acids is 3. The normalized spacial score (nSPS) is 12.8. The van der Waals surface area contributed by atoms with Crippen LogP contribution in [-0.4, -0.2) is 37.2 Å². The SMILES string of the molecule is CC/C=C\C/C=C\C/C=C\C/C=C\CCCCCCCCCCC(=O)OCC(COC(=O)CCCCCCC/C=C\C/C=C\CCCC)OC(=O)CCCCCCC/C=C\C/C=C\CCCCC. The second kappa shape index (κ2) is 55.9. The van der Waals surface area contributed by atoms with E-state index in [-0.39, 0.29) is 31.1 Å². The Labute approximate surface area is 419 Å². The predicted molar refractivity (Wildman–Crippen MR) is 293 cm³/mol. The summed E-state index contributed by atoms with van der Waals surface area (Å²) in [4.78, 5) is 38.1. The maximum absolute atomic E-state index is 12.8. The molecule has 0 fully saturated rings. The highest BCUT2D eigenvalue weighted by Crippen LogP contribution is 2.14. The molecule has 0 N–H and O–H groups in total. The second-order valence-electron chi connectivity index (χ2n) is 18.5. The van der Waals surface area contributed by atoms with Gasteiger partial charge in [-0.15, -0.1) is 0 Å². The molecule has 0 saturated carbocycles. The van der Waals surface area contributed by atoms with Crippen LogP contribution in [0.25, 0.3) is 0 Å². The maximum Gasteiger partial charge on any atom is 0.306 e. The number of hydrogen-bond acceptors (Lipinski definition) is 6. The van der Waals surface area contributed by atoms with Gasteiger partial charge in [-0.3, -0.25) is 14.4 Å². The van der Waals surface area contributed by atoms with Crippen molar-refractivity contribution in [2.75, 3.05) is 13.2 Å². The summed E-state index contributed by atoms with van der Waals surface area (Å²) in [6.45, 7) is 6.43. The van der Waals surface area contributed by atoms with E-state index in [2.05, 4.69) is 118 Å². The molecule has 6 nitrogen and oxygen atoms in total. The van der Waals surface area contributed by atoms with Crippen LogP contribution in [0.3, 0.4) is 0 Å². The average molecular weight is 946 g/mol. The lowest BCUT2D eigenvalue weighted by Crippen LogP contribution is -2.30. The van der Waals surface area contributed by atoms with Crippen molar-refractivity contribution in [3.05, 3.63) is 97.2 Å². The molecule has 1 atom stereocenters. The summed E-state index contributed by atoms with van der Waals surface area (Å²) in [6, 6.07) is 0.